The van der Waals surface area contributed by atoms with E-state index in [4.69, 9.17) is 9.84 Å². The molecule has 1 rings (SSSR count). The highest BCUT2D eigenvalue weighted by Crippen LogP contribution is 2.09. The summed E-state index contributed by atoms with van der Waals surface area (Å²) in [7, 11) is 0. The SMILES string of the molecule is CCOC(C)(C)CNC(=O)c1ccc(C(=O)O)c(C)n1. The van der Waals surface area contributed by atoms with Crippen molar-refractivity contribution in [3.8, 4) is 0 Å². The molecule has 1 heterocycles. The standard InChI is InChI=1S/C14H20N2O4/c1-5-20-14(3,4)8-15-12(17)11-7-6-10(13(18)19)9(2)16-11/h6-7H,5,8H2,1-4H3,(H,15,17)(H,18,19). The van der Waals surface area contributed by atoms with Gasteiger partial charge in [-0.3, -0.25) is 4.79 Å². The minimum absolute atomic E-state index is 0.0937. The molecular formula is C14H20N2O4. The van der Waals surface area contributed by atoms with Crippen LogP contribution in [0.5, 0.6) is 0 Å². The number of carbonyl (C=O) groups is 2. The number of nitrogens with zero attached hydrogens (tertiary/aromatic N) is 1. The topological polar surface area (TPSA) is 88.5 Å². The number of amides is 1. The van der Waals surface area contributed by atoms with Crippen LogP contribution in [0.2, 0.25) is 0 Å². The summed E-state index contributed by atoms with van der Waals surface area (Å²) in [5, 5.41) is 11.6. The predicted molar refractivity (Wildman–Crippen MR) is 74.0 cm³/mol. The number of carboxylic acid groups (broad SMARTS) is 1. The van der Waals surface area contributed by atoms with E-state index in [0.29, 0.717) is 18.8 Å². The van der Waals surface area contributed by atoms with Crippen molar-refractivity contribution in [1.82, 2.24) is 10.3 Å². The molecule has 0 bridgehead atoms. The molecule has 6 nitrogen and oxygen atoms in total. The van der Waals surface area contributed by atoms with Gasteiger partial charge in [-0.2, -0.15) is 0 Å². The monoisotopic (exact) mass is 280 g/mol. The van der Waals surface area contributed by atoms with E-state index in [1.54, 1.807) is 6.92 Å². The molecule has 0 saturated carbocycles. The predicted octanol–water partition coefficient (Wildman–Crippen LogP) is 1.63. The van der Waals surface area contributed by atoms with Crippen LogP contribution in [0.3, 0.4) is 0 Å². The molecule has 0 aliphatic carbocycles. The van der Waals surface area contributed by atoms with Gasteiger partial charge in [0, 0.05) is 13.2 Å². The molecule has 20 heavy (non-hydrogen) atoms. The molecule has 0 aromatic carbocycles. The number of pyridine rings is 1. The number of hydrogen-bond donors (Lipinski definition) is 2. The molecule has 0 fully saturated rings. The van der Waals surface area contributed by atoms with Crippen molar-refractivity contribution >= 4 is 11.9 Å². The van der Waals surface area contributed by atoms with Crippen LogP contribution in [0.4, 0.5) is 0 Å². The minimum Gasteiger partial charge on any atom is -0.478 e. The van der Waals surface area contributed by atoms with Crippen LogP contribution in [0.15, 0.2) is 12.1 Å². The first-order valence-corrected chi connectivity index (χ1v) is 6.40. The van der Waals surface area contributed by atoms with Gasteiger partial charge < -0.3 is 15.2 Å². The number of aryl methyl sites for hydroxylation is 1. The van der Waals surface area contributed by atoms with Crippen LogP contribution in [0.1, 0.15) is 47.3 Å². The van der Waals surface area contributed by atoms with Gasteiger partial charge in [-0.15, -0.1) is 0 Å². The lowest BCUT2D eigenvalue weighted by Gasteiger charge is -2.24. The maximum Gasteiger partial charge on any atom is 0.337 e. The summed E-state index contributed by atoms with van der Waals surface area (Å²) < 4.78 is 5.48. The van der Waals surface area contributed by atoms with Crippen molar-refractivity contribution in [2.24, 2.45) is 0 Å². The highest BCUT2D eigenvalue weighted by molar-refractivity contribution is 5.94. The van der Waals surface area contributed by atoms with Crippen LogP contribution < -0.4 is 5.32 Å². The van der Waals surface area contributed by atoms with E-state index in [1.807, 2.05) is 20.8 Å². The fourth-order valence-corrected chi connectivity index (χ4v) is 1.74. The summed E-state index contributed by atoms with van der Waals surface area (Å²) in [6, 6.07) is 2.78. The van der Waals surface area contributed by atoms with Crippen LogP contribution in [-0.4, -0.2) is 40.7 Å². The second kappa shape index (κ2) is 6.47. The van der Waals surface area contributed by atoms with Gasteiger partial charge in [0.05, 0.1) is 16.9 Å². The average Bonchev–Trinajstić information content (AvgIpc) is 2.35. The molecule has 0 radical (unpaired) electrons. The van der Waals surface area contributed by atoms with Crippen LogP contribution >= 0.6 is 0 Å². The summed E-state index contributed by atoms with van der Waals surface area (Å²) in [5.41, 5.74) is 0.144. The molecule has 1 aromatic rings. The molecule has 0 atom stereocenters. The zero-order valence-electron chi connectivity index (χ0n) is 12.2. The minimum atomic E-state index is -1.06. The number of ether oxygens (including phenoxy) is 1. The third-order valence-electron chi connectivity index (χ3n) is 2.76. The van der Waals surface area contributed by atoms with E-state index in [2.05, 4.69) is 10.3 Å². The van der Waals surface area contributed by atoms with E-state index in [0.717, 1.165) is 0 Å². The molecule has 6 heteroatoms. The zero-order valence-corrected chi connectivity index (χ0v) is 12.2. The third-order valence-corrected chi connectivity index (χ3v) is 2.76. The molecule has 0 saturated heterocycles. The van der Waals surface area contributed by atoms with Gasteiger partial charge in [0.1, 0.15) is 5.69 Å². The van der Waals surface area contributed by atoms with Crippen molar-refractivity contribution in [3.05, 3.63) is 29.1 Å². The maximum absolute atomic E-state index is 12.0. The molecule has 0 aliphatic rings. The number of carboxylic acids is 1. The zero-order chi connectivity index (χ0) is 15.3. The Balaban J connectivity index is 2.74. The first kappa shape index (κ1) is 16.1. The second-order valence-corrected chi connectivity index (χ2v) is 5.01. The van der Waals surface area contributed by atoms with E-state index >= 15 is 0 Å². The number of aromatic nitrogens is 1. The summed E-state index contributed by atoms with van der Waals surface area (Å²) >= 11 is 0. The smallest absolute Gasteiger partial charge is 0.337 e. The summed E-state index contributed by atoms with van der Waals surface area (Å²) in [5.74, 6) is -1.41. The molecule has 2 N–H and O–H groups in total. The third kappa shape index (κ3) is 4.31. The van der Waals surface area contributed by atoms with E-state index in [-0.39, 0.29) is 17.2 Å². The highest BCUT2D eigenvalue weighted by atomic mass is 16.5. The number of aromatic carboxylic acids is 1. The van der Waals surface area contributed by atoms with Gasteiger partial charge in [-0.25, -0.2) is 9.78 Å². The number of carbonyl (C=O) groups excluding carboxylic acids is 1. The molecule has 1 aromatic heterocycles. The van der Waals surface area contributed by atoms with Crippen molar-refractivity contribution < 1.29 is 19.4 Å². The number of nitrogens with one attached hydrogen (secondary N) is 1. The van der Waals surface area contributed by atoms with Crippen molar-refractivity contribution in [1.29, 1.82) is 0 Å². The molecule has 0 aliphatic heterocycles. The van der Waals surface area contributed by atoms with Crippen LogP contribution in [0, 0.1) is 6.92 Å². The van der Waals surface area contributed by atoms with Gasteiger partial charge in [0.15, 0.2) is 0 Å². The molecule has 1 amide bonds. The number of rotatable bonds is 6. The maximum atomic E-state index is 12.0. The molecule has 0 unspecified atom stereocenters. The fourth-order valence-electron chi connectivity index (χ4n) is 1.74. The van der Waals surface area contributed by atoms with E-state index in [1.165, 1.54) is 12.1 Å². The Morgan fingerprint density at radius 3 is 2.55 bits per heavy atom. The van der Waals surface area contributed by atoms with Crippen molar-refractivity contribution in [3.63, 3.8) is 0 Å². The molecule has 110 valence electrons. The normalized spacial score (nSPS) is 11.2. The van der Waals surface area contributed by atoms with Crippen LogP contribution in [-0.2, 0) is 4.74 Å². The quantitative estimate of drug-likeness (QED) is 0.826. The lowest BCUT2D eigenvalue weighted by molar-refractivity contribution is -0.00818. The largest absolute Gasteiger partial charge is 0.478 e. The molecule has 0 spiro atoms. The summed E-state index contributed by atoms with van der Waals surface area (Å²) in [4.78, 5) is 26.8. The Kier molecular flexibility index (Phi) is 5.21. The second-order valence-electron chi connectivity index (χ2n) is 5.01. The summed E-state index contributed by atoms with van der Waals surface area (Å²) in [6.07, 6.45) is 0. The van der Waals surface area contributed by atoms with E-state index in [9.17, 15) is 9.59 Å². The Morgan fingerprint density at radius 2 is 2.05 bits per heavy atom. The first-order valence-electron chi connectivity index (χ1n) is 6.40. The van der Waals surface area contributed by atoms with Gasteiger partial charge in [-0.05, 0) is 39.8 Å². The van der Waals surface area contributed by atoms with Gasteiger partial charge in [0.2, 0.25) is 0 Å². The van der Waals surface area contributed by atoms with E-state index < -0.39 is 11.6 Å². The summed E-state index contributed by atoms with van der Waals surface area (Å²) in [6.45, 7) is 8.12. The lowest BCUT2D eigenvalue weighted by Crippen LogP contribution is -2.40. The van der Waals surface area contributed by atoms with Gasteiger partial charge in [-0.1, -0.05) is 0 Å². The Bertz CT molecular complexity index is 512. The van der Waals surface area contributed by atoms with Crippen molar-refractivity contribution in [2.45, 2.75) is 33.3 Å². The first-order chi connectivity index (χ1) is 9.26. The van der Waals surface area contributed by atoms with Crippen molar-refractivity contribution in [2.75, 3.05) is 13.2 Å². The van der Waals surface area contributed by atoms with Gasteiger partial charge >= 0.3 is 5.97 Å². The Morgan fingerprint density at radius 1 is 1.40 bits per heavy atom. The Hall–Kier alpha value is -1.95. The lowest BCUT2D eigenvalue weighted by atomic mass is 10.1. The fraction of sp³-hybridized carbons (Fsp3) is 0.500. The molecular weight excluding hydrogens is 260 g/mol. The van der Waals surface area contributed by atoms with Crippen LogP contribution in [0.25, 0.3) is 0 Å². The number of hydrogen-bond acceptors (Lipinski definition) is 4. The van der Waals surface area contributed by atoms with Gasteiger partial charge in [0.25, 0.3) is 5.91 Å². The average molecular weight is 280 g/mol. The Labute approximate surface area is 118 Å². The highest BCUT2D eigenvalue weighted by Gasteiger charge is 2.20.